The Morgan fingerprint density at radius 2 is 1.95 bits per heavy atom. The lowest BCUT2D eigenvalue weighted by Crippen LogP contribution is -2.47. The van der Waals surface area contributed by atoms with Gasteiger partial charge >= 0.3 is 6.03 Å². The van der Waals surface area contributed by atoms with Crippen molar-refractivity contribution in [2.45, 2.75) is 38.1 Å². The van der Waals surface area contributed by atoms with Crippen LogP contribution >= 0.6 is 11.8 Å². The van der Waals surface area contributed by atoms with Crippen LogP contribution in [-0.2, 0) is 10.2 Å². The highest BCUT2D eigenvalue weighted by atomic mass is 32.2. The molecule has 3 amide bonds. The summed E-state index contributed by atoms with van der Waals surface area (Å²) in [6.07, 6.45) is 3.78. The number of urea groups is 1. The smallest absolute Gasteiger partial charge is 0.322 e. The SMILES string of the molecule is CC(C)(C)c1ncc(N2C(=O)NC3(CCSC3)C2=O)cn1. The molecule has 2 aliphatic heterocycles. The lowest BCUT2D eigenvalue weighted by molar-refractivity contribution is -0.121. The van der Waals surface area contributed by atoms with E-state index in [1.54, 1.807) is 24.2 Å². The van der Waals surface area contributed by atoms with E-state index in [-0.39, 0.29) is 17.4 Å². The second kappa shape index (κ2) is 4.69. The zero-order valence-corrected chi connectivity index (χ0v) is 13.2. The highest BCUT2D eigenvalue weighted by Crippen LogP contribution is 2.35. The zero-order chi connectivity index (χ0) is 15.3. The summed E-state index contributed by atoms with van der Waals surface area (Å²) < 4.78 is 0. The molecule has 0 radical (unpaired) electrons. The van der Waals surface area contributed by atoms with Crippen molar-refractivity contribution in [1.29, 1.82) is 0 Å². The average molecular weight is 306 g/mol. The van der Waals surface area contributed by atoms with Crippen LogP contribution < -0.4 is 10.2 Å². The van der Waals surface area contributed by atoms with Crippen molar-refractivity contribution in [2.24, 2.45) is 0 Å². The van der Waals surface area contributed by atoms with Gasteiger partial charge in [0, 0.05) is 11.2 Å². The van der Waals surface area contributed by atoms with Gasteiger partial charge in [-0.15, -0.1) is 0 Å². The van der Waals surface area contributed by atoms with Crippen molar-refractivity contribution in [3.05, 3.63) is 18.2 Å². The summed E-state index contributed by atoms with van der Waals surface area (Å²) in [6, 6.07) is -0.380. The molecule has 7 heteroatoms. The zero-order valence-electron chi connectivity index (χ0n) is 12.3. The molecule has 1 spiro atoms. The molecular weight excluding hydrogens is 288 g/mol. The predicted molar refractivity (Wildman–Crippen MR) is 81.4 cm³/mol. The first kappa shape index (κ1) is 14.3. The first-order valence-corrected chi connectivity index (χ1v) is 8.06. The molecule has 0 bridgehead atoms. The highest BCUT2D eigenvalue weighted by molar-refractivity contribution is 7.99. The average Bonchev–Trinajstić information content (AvgIpc) is 2.96. The molecule has 1 unspecified atom stereocenters. The topological polar surface area (TPSA) is 75.2 Å². The van der Waals surface area contributed by atoms with Gasteiger partial charge in [0.15, 0.2) is 0 Å². The molecule has 112 valence electrons. The minimum atomic E-state index is -0.732. The highest BCUT2D eigenvalue weighted by Gasteiger charge is 2.53. The van der Waals surface area contributed by atoms with E-state index in [1.165, 1.54) is 0 Å². The Morgan fingerprint density at radius 1 is 1.29 bits per heavy atom. The molecule has 0 aliphatic carbocycles. The number of aromatic nitrogens is 2. The van der Waals surface area contributed by atoms with Crippen LogP contribution in [0.2, 0.25) is 0 Å². The van der Waals surface area contributed by atoms with Crippen molar-refractivity contribution >= 4 is 29.4 Å². The molecule has 1 N–H and O–H groups in total. The van der Waals surface area contributed by atoms with Crippen LogP contribution in [0.1, 0.15) is 33.0 Å². The molecular formula is C14H18N4O2S. The maximum absolute atomic E-state index is 12.6. The van der Waals surface area contributed by atoms with Gasteiger partial charge in [0.1, 0.15) is 11.4 Å². The number of amides is 3. The third-order valence-corrected chi connectivity index (χ3v) is 4.94. The minimum absolute atomic E-state index is 0.168. The summed E-state index contributed by atoms with van der Waals surface area (Å²) in [6.45, 7) is 6.04. The van der Waals surface area contributed by atoms with E-state index >= 15 is 0 Å². The fourth-order valence-electron chi connectivity index (χ4n) is 2.51. The van der Waals surface area contributed by atoms with E-state index in [0.717, 1.165) is 10.7 Å². The number of thioether (sulfide) groups is 1. The van der Waals surface area contributed by atoms with E-state index in [0.29, 0.717) is 23.7 Å². The number of carbonyl (C=O) groups is 2. The quantitative estimate of drug-likeness (QED) is 0.799. The summed E-state index contributed by atoms with van der Waals surface area (Å²) in [7, 11) is 0. The molecule has 2 fully saturated rings. The van der Waals surface area contributed by atoms with Crippen molar-refractivity contribution < 1.29 is 9.59 Å². The Labute approximate surface area is 127 Å². The van der Waals surface area contributed by atoms with Crippen LogP contribution in [0.5, 0.6) is 0 Å². The largest absolute Gasteiger partial charge is 0.329 e. The van der Waals surface area contributed by atoms with Crippen LogP contribution in [0, 0.1) is 0 Å². The molecule has 21 heavy (non-hydrogen) atoms. The summed E-state index contributed by atoms with van der Waals surface area (Å²) >= 11 is 1.69. The van der Waals surface area contributed by atoms with Crippen molar-refractivity contribution in [2.75, 3.05) is 16.4 Å². The number of hydrogen-bond acceptors (Lipinski definition) is 5. The van der Waals surface area contributed by atoms with Gasteiger partial charge in [-0.1, -0.05) is 20.8 Å². The second-order valence-corrected chi connectivity index (χ2v) is 7.58. The lowest BCUT2D eigenvalue weighted by Gasteiger charge is -2.20. The molecule has 2 saturated heterocycles. The normalized spacial score (nSPS) is 25.8. The third kappa shape index (κ3) is 2.29. The molecule has 6 nitrogen and oxygen atoms in total. The first-order chi connectivity index (χ1) is 9.83. The predicted octanol–water partition coefficient (Wildman–Crippen LogP) is 1.71. The van der Waals surface area contributed by atoms with Crippen molar-refractivity contribution in [3.8, 4) is 0 Å². The maximum Gasteiger partial charge on any atom is 0.329 e. The first-order valence-electron chi connectivity index (χ1n) is 6.90. The Bertz CT molecular complexity index is 588. The van der Waals surface area contributed by atoms with Gasteiger partial charge in [-0.05, 0) is 12.2 Å². The van der Waals surface area contributed by atoms with E-state index in [1.807, 2.05) is 20.8 Å². The molecule has 1 atom stereocenters. The molecule has 3 heterocycles. The maximum atomic E-state index is 12.6. The van der Waals surface area contributed by atoms with E-state index in [9.17, 15) is 9.59 Å². The monoisotopic (exact) mass is 306 g/mol. The molecule has 2 aliphatic rings. The van der Waals surface area contributed by atoms with Crippen molar-refractivity contribution in [3.63, 3.8) is 0 Å². The molecule has 1 aromatic heterocycles. The Balaban J connectivity index is 1.90. The number of rotatable bonds is 1. The van der Waals surface area contributed by atoms with Gasteiger partial charge in [-0.2, -0.15) is 11.8 Å². The number of carbonyl (C=O) groups excluding carboxylic acids is 2. The van der Waals surface area contributed by atoms with Gasteiger partial charge in [-0.25, -0.2) is 19.7 Å². The van der Waals surface area contributed by atoms with Crippen LogP contribution in [0.25, 0.3) is 0 Å². The standard InChI is InChI=1S/C14H18N4O2S/c1-13(2,3)10-15-6-9(7-16-10)18-11(19)14(17-12(18)20)4-5-21-8-14/h6-7H,4-5,8H2,1-3H3,(H,17,20). The van der Waals surface area contributed by atoms with E-state index < -0.39 is 5.54 Å². The number of hydrogen-bond donors (Lipinski definition) is 1. The fourth-order valence-corrected chi connectivity index (χ4v) is 3.84. The Kier molecular flexibility index (Phi) is 3.20. The summed E-state index contributed by atoms with van der Waals surface area (Å²) in [4.78, 5) is 34.5. The molecule has 0 aromatic carbocycles. The second-order valence-electron chi connectivity index (χ2n) is 6.47. The van der Waals surface area contributed by atoms with Crippen LogP contribution in [0.15, 0.2) is 12.4 Å². The Hall–Kier alpha value is -1.63. The summed E-state index contributed by atoms with van der Waals surface area (Å²) in [5, 5.41) is 2.83. The fraction of sp³-hybridized carbons (Fsp3) is 0.571. The van der Waals surface area contributed by atoms with Gasteiger partial charge in [0.05, 0.1) is 18.1 Å². The Morgan fingerprint density at radius 3 is 2.48 bits per heavy atom. The van der Waals surface area contributed by atoms with Gasteiger partial charge < -0.3 is 5.32 Å². The van der Waals surface area contributed by atoms with E-state index in [4.69, 9.17) is 0 Å². The molecule has 3 rings (SSSR count). The van der Waals surface area contributed by atoms with Gasteiger partial charge in [-0.3, -0.25) is 4.79 Å². The van der Waals surface area contributed by atoms with Crippen LogP contribution in [0.3, 0.4) is 0 Å². The minimum Gasteiger partial charge on any atom is -0.322 e. The number of imide groups is 1. The van der Waals surface area contributed by atoms with E-state index in [2.05, 4.69) is 15.3 Å². The molecule has 0 saturated carbocycles. The summed E-state index contributed by atoms with van der Waals surface area (Å²) in [5.41, 5.74) is -0.469. The number of nitrogens with zero attached hydrogens (tertiary/aromatic N) is 3. The summed E-state index contributed by atoms with van der Waals surface area (Å²) in [5.74, 6) is 2.02. The third-order valence-electron chi connectivity index (χ3n) is 3.75. The van der Waals surface area contributed by atoms with Gasteiger partial charge in [0.25, 0.3) is 5.91 Å². The number of nitrogens with one attached hydrogen (secondary N) is 1. The molecule has 1 aromatic rings. The van der Waals surface area contributed by atoms with Crippen LogP contribution in [-0.4, -0.2) is 39.0 Å². The van der Waals surface area contributed by atoms with Crippen LogP contribution in [0.4, 0.5) is 10.5 Å². The lowest BCUT2D eigenvalue weighted by atomic mass is 9.96. The van der Waals surface area contributed by atoms with Gasteiger partial charge in [0.2, 0.25) is 0 Å². The van der Waals surface area contributed by atoms with Crippen molar-refractivity contribution in [1.82, 2.24) is 15.3 Å². The number of anilines is 1.